The van der Waals surface area contributed by atoms with E-state index in [0.29, 0.717) is 24.3 Å². The first-order valence-corrected chi connectivity index (χ1v) is 8.67. The van der Waals surface area contributed by atoms with Crippen LogP contribution in [0.1, 0.15) is 43.7 Å². The van der Waals surface area contributed by atoms with Crippen LogP contribution in [0.5, 0.6) is 5.75 Å². The molecule has 0 aromatic heterocycles. The number of carbonyl (C=O) groups excluding carboxylic acids is 1. The molecular weight excluding hydrogens is 290 g/mol. The number of phenolic OH excluding ortho intramolecular Hbond substituents is 1. The first-order valence-electron chi connectivity index (χ1n) is 8.67. The zero-order valence-electron chi connectivity index (χ0n) is 13.5. The van der Waals surface area contributed by atoms with Gasteiger partial charge in [-0.1, -0.05) is 6.07 Å². The van der Waals surface area contributed by atoms with Crippen LogP contribution in [0.15, 0.2) is 23.8 Å². The van der Waals surface area contributed by atoms with Crippen molar-refractivity contribution < 1.29 is 14.7 Å². The van der Waals surface area contributed by atoms with Crippen molar-refractivity contribution in [2.75, 3.05) is 13.2 Å². The monoisotopic (exact) mass is 313 g/mol. The number of rotatable bonds is 2. The Hall–Kier alpha value is -1.61. The van der Waals surface area contributed by atoms with E-state index in [1.54, 1.807) is 6.07 Å². The van der Waals surface area contributed by atoms with E-state index in [1.807, 2.05) is 19.1 Å². The van der Waals surface area contributed by atoms with Crippen molar-refractivity contribution in [3.8, 4) is 5.75 Å². The van der Waals surface area contributed by atoms with Gasteiger partial charge in [0.1, 0.15) is 11.7 Å². The highest BCUT2D eigenvalue weighted by molar-refractivity contribution is 5.63. The largest absolute Gasteiger partial charge is 0.508 e. The molecule has 1 aliphatic heterocycles. The molecule has 4 heteroatoms. The van der Waals surface area contributed by atoms with Crippen LogP contribution >= 0.6 is 0 Å². The Bertz CT molecular complexity index is 679. The Morgan fingerprint density at radius 3 is 3.13 bits per heavy atom. The van der Waals surface area contributed by atoms with Crippen LogP contribution in [0.3, 0.4) is 0 Å². The summed E-state index contributed by atoms with van der Waals surface area (Å²) in [6, 6.07) is 5.97. The minimum atomic E-state index is -0.245. The van der Waals surface area contributed by atoms with Crippen LogP contribution in [-0.2, 0) is 21.5 Å². The fourth-order valence-electron chi connectivity index (χ4n) is 5.29. The molecule has 1 saturated carbocycles. The average Bonchev–Trinajstić information content (AvgIpc) is 2.57. The summed E-state index contributed by atoms with van der Waals surface area (Å²) in [7, 11) is 0. The molecule has 1 heterocycles. The Morgan fingerprint density at radius 2 is 2.35 bits per heavy atom. The second-order valence-electron chi connectivity index (χ2n) is 6.97. The smallest absolute Gasteiger partial charge is 0.124 e. The average molecular weight is 313 g/mol. The van der Waals surface area contributed by atoms with Gasteiger partial charge in [-0.3, -0.25) is 4.84 Å². The molecule has 1 N–H and O–H groups in total. The summed E-state index contributed by atoms with van der Waals surface area (Å²) in [5.41, 5.74) is 3.06. The highest BCUT2D eigenvalue weighted by atomic mass is 16.7. The highest BCUT2D eigenvalue weighted by Gasteiger charge is 2.57. The molecule has 23 heavy (non-hydrogen) atoms. The van der Waals surface area contributed by atoms with Gasteiger partial charge in [0, 0.05) is 23.6 Å². The van der Waals surface area contributed by atoms with Gasteiger partial charge in [0.2, 0.25) is 0 Å². The van der Waals surface area contributed by atoms with Crippen LogP contribution in [0.25, 0.3) is 0 Å². The molecule has 1 aromatic rings. The Morgan fingerprint density at radius 1 is 1.48 bits per heavy atom. The van der Waals surface area contributed by atoms with Crippen molar-refractivity contribution in [2.45, 2.75) is 50.5 Å². The van der Waals surface area contributed by atoms with Gasteiger partial charge in [0.05, 0.1) is 6.61 Å². The third-order valence-corrected chi connectivity index (χ3v) is 6.10. The molecule has 2 fully saturated rings. The van der Waals surface area contributed by atoms with E-state index in [4.69, 9.17) is 4.84 Å². The van der Waals surface area contributed by atoms with Crippen LogP contribution < -0.4 is 0 Å². The lowest BCUT2D eigenvalue weighted by Gasteiger charge is -2.58. The number of fused-ring (bicyclic) bond motifs is 1. The third-order valence-electron chi connectivity index (χ3n) is 6.10. The topological polar surface area (TPSA) is 49.8 Å². The lowest BCUT2D eigenvalue weighted by Crippen LogP contribution is -2.61. The molecule has 1 aromatic carbocycles. The Balaban J connectivity index is 1.91. The first-order chi connectivity index (χ1) is 11.2. The SMILES string of the molecule is CCON1CC[C@]23C(=C=O)CCC[C@H]2[C@H]1Cc1ccc(O)cc13. The molecule has 2 bridgehead atoms. The molecule has 3 aliphatic rings. The molecule has 2 aliphatic carbocycles. The molecule has 122 valence electrons. The Labute approximate surface area is 136 Å². The maximum absolute atomic E-state index is 11.7. The van der Waals surface area contributed by atoms with Gasteiger partial charge in [0.15, 0.2) is 0 Å². The third kappa shape index (κ3) is 2.02. The van der Waals surface area contributed by atoms with Gasteiger partial charge < -0.3 is 5.11 Å². The van der Waals surface area contributed by atoms with E-state index in [1.165, 1.54) is 5.56 Å². The lowest BCUT2D eigenvalue weighted by molar-refractivity contribution is -0.222. The highest BCUT2D eigenvalue weighted by Crippen LogP contribution is 2.57. The van der Waals surface area contributed by atoms with Crippen LogP contribution in [0, 0.1) is 5.92 Å². The van der Waals surface area contributed by atoms with Crippen molar-refractivity contribution in [1.29, 1.82) is 0 Å². The summed E-state index contributed by atoms with van der Waals surface area (Å²) in [5, 5.41) is 12.2. The molecule has 0 amide bonds. The normalized spacial score (nSPS) is 32.8. The quantitative estimate of drug-likeness (QED) is 0.853. The van der Waals surface area contributed by atoms with Gasteiger partial charge in [-0.05, 0) is 68.2 Å². The number of piperidine rings is 1. The van der Waals surface area contributed by atoms with E-state index >= 15 is 0 Å². The molecule has 3 atom stereocenters. The van der Waals surface area contributed by atoms with Gasteiger partial charge in [0.25, 0.3) is 0 Å². The predicted molar refractivity (Wildman–Crippen MR) is 86.8 cm³/mol. The van der Waals surface area contributed by atoms with Gasteiger partial charge in [-0.25, -0.2) is 4.79 Å². The number of nitrogens with zero attached hydrogens (tertiary/aromatic N) is 1. The standard InChI is InChI=1S/C19H23NO3/c1-2-23-20-9-8-19-14(12-21)4-3-5-16(19)18(20)10-13-6-7-15(22)11-17(13)19/h6-7,11,16,18,22H,2-5,8-10H2,1H3/t16-,18+,19-/m0/s1. The van der Waals surface area contributed by atoms with E-state index in [0.717, 1.165) is 49.8 Å². The second-order valence-corrected chi connectivity index (χ2v) is 6.97. The number of hydrogen-bond donors (Lipinski definition) is 1. The molecule has 0 unspecified atom stereocenters. The zero-order valence-corrected chi connectivity index (χ0v) is 13.5. The lowest BCUT2D eigenvalue weighted by atomic mass is 9.51. The van der Waals surface area contributed by atoms with E-state index in [9.17, 15) is 9.90 Å². The maximum atomic E-state index is 11.7. The number of phenols is 1. The fraction of sp³-hybridized carbons (Fsp3) is 0.579. The molecular formula is C19H23NO3. The molecule has 0 radical (unpaired) electrons. The number of benzene rings is 1. The summed E-state index contributed by atoms with van der Waals surface area (Å²) < 4.78 is 0. The van der Waals surface area contributed by atoms with E-state index < -0.39 is 0 Å². The van der Waals surface area contributed by atoms with E-state index in [-0.39, 0.29) is 5.41 Å². The molecule has 0 spiro atoms. The molecule has 4 rings (SSSR count). The van der Waals surface area contributed by atoms with Crippen LogP contribution in [0.4, 0.5) is 0 Å². The van der Waals surface area contributed by atoms with Gasteiger partial charge in [-0.2, -0.15) is 5.06 Å². The number of aromatic hydroxyl groups is 1. The van der Waals surface area contributed by atoms with Crippen LogP contribution in [-0.4, -0.2) is 35.3 Å². The van der Waals surface area contributed by atoms with Crippen molar-refractivity contribution in [3.63, 3.8) is 0 Å². The van der Waals surface area contributed by atoms with Crippen molar-refractivity contribution in [2.24, 2.45) is 5.92 Å². The molecule has 1 saturated heterocycles. The summed E-state index contributed by atoms with van der Waals surface area (Å²) in [4.78, 5) is 17.6. The zero-order chi connectivity index (χ0) is 16.0. The van der Waals surface area contributed by atoms with Gasteiger partial charge >= 0.3 is 0 Å². The number of hydrogen-bond acceptors (Lipinski definition) is 4. The number of hydroxylamine groups is 2. The van der Waals surface area contributed by atoms with Crippen LogP contribution in [0.2, 0.25) is 0 Å². The van der Waals surface area contributed by atoms with Crippen molar-refractivity contribution in [3.05, 3.63) is 34.9 Å². The summed E-state index contributed by atoms with van der Waals surface area (Å²) in [5.74, 6) is 2.95. The molecule has 4 nitrogen and oxygen atoms in total. The minimum Gasteiger partial charge on any atom is -0.508 e. The Kier molecular flexibility index (Phi) is 3.56. The minimum absolute atomic E-state index is 0.245. The van der Waals surface area contributed by atoms with Crippen molar-refractivity contribution in [1.82, 2.24) is 5.06 Å². The maximum Gasteiger partial charge on any atom is 0.124 e. The fourth-order valence-corrected chi connectivity index (χ4v) is 5.29. The van der Waals surface area contributed by atoms with Gasteiger partial charge in [-0.15, -0.1) is 0 Å². The van der Waals surface area contributed by atoms with E-state index in [2.05, 4.69) is 11.0 Å². The summed E-state index contributed by atoms with van der Waals surface area (Å²) >= 11 is 0. The summed E-state index contributed by atoms with van der Waals surface area (Å²) in [6.07, 6.45) is 4.77. The second kappa shape index (κ2) is 5.48. The first kappa shape index (κ1) is 14.9. The summed E-state index contributed by atoms with van der Waals surface area (Å²) in [6.45, 7) is 3.53. The van der Waals surface area contributed by atoms with Crippen molar-refractivity contribution >= 4 is 5.94 Å². The predicted octanol–water partition coefficient (Wildman–Crippen LogP) is 2.77. The number of allylic oxidation sites excluding steroid dienone is 1.